The summed E-state index contributed by atoms with van der Waals surface area (Å²) in [6.07, 6.45) is 1.44. The van der Waals surface area contributed by atoms with Crippen molar-refractivity contribution >= 4 is 17.7 Å². The van der Waals surface area contributed by atoms with Crippen molar-refractivity contribution in [2.75, 3.05) is 13.2 Å². The highest BCUT2D eigenvalue weighted by Crippen LogP contribution is 2.43. The molecule has 1 heterocycles. The van der Waals surface area contributed by atoms with E-state index in [9.17, 15) is 14.4 Å². The molecule has 1 unspecified atom stereocenters. The number of hydrogen-bond donors (Lipinski definition) is 0. The van der Waals surface area contributed by atoms with Crippen LogP contribution in [0.3, 0.4) is 0 Å². The molecule has 6 heteroatoms. The summed E-state index contributed by atoms with van der Waals surface area (Å²) in [7, 11) is 0. The van der Waals surface area contributed by atoms with Gasteiger partial charge in [0.15, 0.2) is 5.92 Å². The fraction of sp³-hybridized carbons (Fsp3) is 0.588. The lowest BCUT2D eigenvalue weighted by Gasteiger charge is -2.34. The van der Waals surface area contributed by atoms with E-state index in [4.69, 9.17) is 13.9 Å². The minimum Gasteiger partial charge on any atom is -0.469 e. The van der Waals surface area contributed by atoms with E-state index in [2.05, 4.69) is 0 Å². The van der Waals surface area contributed by atoms with E-state index in [-0.39, 0.29) is 19.0 Å². The van der Waals surface area contributed by atoms with Gasteiger partial charge in [0.25, 0.3) is 0 Å². The minimum atomic E-state index is -1.26. The number of rotatable bonds is 8. The summed E-state index contributed by atoms with van der Waals surface area (Å²) in [5.74, 6) is -3.31. The Morgan fingerprint density at radius 2 is 1.65 bits per heavy atom. The number of furan rings is 1. The maximum Gasteiger partial charge on any atom is 0.321 e. The number of carbonyl (C=O) groups is 3. The number of esters is 2. The summed E-state index contributed by atoms with van der Waals surface area (Å²) < 4.78 is 15.5. The van der Waals surface area contributed by atoms with Crippen LogP contribution in [-0.4, -0.2) is 30.9 Å². The Hall–Kier alpha value is -2.11. The van der Waals surface area contributed by atoms with Gasteiger partial charge in [-0.25, -0.2) is 0 Å². The van der Waals surface area contributed by atoms with Crippen LogP contribution in [0.25, 0.3) is 0 Å². The molecule has 23 heavy (non-hydrogen) atoms. The van der Waals surface area contributed by atoms with Gasteiger partial charge < -0.3 is 13.9 Å². The van der Waals surface area contributed by atoms with Crippen LogP contribution in [0.1, 0.15) is 46.3 Å². The molecule has 0 bridgehead atoms. The minimum absolute atomic E-state index is 0.125. The first-order valence-electron chi connectivity index (χ1n) is 7.65. The van der Waals surface area contributed by atoms with Crippen molar-refractivity contribution in [2.24, 2.45) is 11.3 Å². The highest BCUT2D eigenvalue weighted by Gasteiger charge is 2.49. The summed E-state index contributed by atoms with van der Waals surface area (Å²) in [5, 5.41) is 0. The zero-order chi connectivity index (χ0) is 17.6. The molecule has 0 amide bonds. The van der Waals surface area contributed by atoms with Crippen LogP contribution < -0.4 is 0 Å². The molecule has 0 radical (unpaired) electrons. The van der Waals surface area contributed by atoms with Crippen molar-refractivity contribution in [1.82, 2.24) is 0 Å². The van der Waals surface area contributed by atoms with E-state index >= 15 is 0 Å². The number of Topliss-reactive ketones (excluding diaryl/α,β-unsaturated/α-hetero) is 1. The second-order valence-electron chi connectivity index (χ2n) is 5.75. The third kappa shape index (κ3) is 4.21. The zero-order valence-corrected chi connectivity index (χ0v) is 14.3. The second-order valence-corrected chi connectivity index (χ2v) is 5.75. The van der Waals surface area contributed by atoms with E-state index in [1.165, 1.54) is 13.2 Å². The van der Waals surface area contributed by atoms with Crippen LogP contribution in [-0.2, 0) is 23.9 Å². The predicted molar refractivity (Wildman–Crippen MR) is 82.7 cm³/mol. The van der Waals surface area contributed by atoms with Crippen molar-refractivity contribution < 1.29 is 28.3 Å². The molecular formula is C17H24O6. The quantitative estimate of drug-likeness (QED) is 0.540. The van der Waals surface area contributed by atoms with Crippen molar-refractivity contribution in [3.8, 4) is 0 Å². The third-order valence-corrected chi connectivity index (χ3v) is 3.95. The summed E-state index contributed by atoms with van der Waals surface area (Å²) in [6, 6.07) is 3.28. The van der Waals surface area contributed by atoms with Gasteiger partial charge in [-0.2, -0.15) is 0 Å². The summed E-state index contributed by atoms with van der Waals surface area (Å²) >= 11 is 0. The summed E-state index contributed by atoms with van der Waals surface area (Å²) in [4.78, 5) is 36.9. The molecular weight excluding hydrogens is 300 g/mol. The van der Waals surface area contributed by atoms with E-state index in [1.807, 2.05) is 0 Å². The molecule has 0 aromatic carbocycles. The fourth-order valence-corrected chi connectivity index (χ4v) is 2.46. The largest absolute Gasteiger partial charge is 0.469 e. The molecule has 0 aliphatic heterocycles. The van der Waals surface area contributed by atoms with Crippen LogP contribution in [0, 0.1) is 11.3 Å². The first-order valence-corrected chi connectivity index (χ1v) is 7.65. The van der Waals surface area contributed by atoms with Crippen molar-refractivity contribution in [3.05, 3.63) is 24.2 Å². The first-order chi connectivity index (χ1) is 10.8. The molecule has 1 aromatic rings. The van der Waals surface area contributed by atoms with Crippen molar-refractivity contribution in [1.29, 1.82) is 0 Å². The molecule has 128 valence electrons. The fourth-order valence-electron chi connectivity index (χ4n) is 2.46. The topological polar surface area (TPSA) is 82.8 Å². The van der Waals surface area contributed by atoms with E-state index in [0.29, 0.717) is 5.76 Å². The number of carbonyl (C=O) groups excluding carboxylic acids is 3. The Morgan fingerprint density at radius 3 is 2.00 bits per heavy atom. The lowest BCUT2D eigenvalue weighted by atomic mass is 9.68. The lowest BCUT2D eigenvalue weighted by molar-refractivity contribution is -0.165. The second kappa shape index (κ2) is 7.94. The molecule has 0 aliphatic rings. The molecule has 0 spiro atoms. The smallest absolute Gasteiger partial charge is 0.321 e. The van der Waals surface area contributed by atoms with Gasteiger partial charge in [0.05, 0.1) is 25.4 Å². The van der Waals surface area contributed by atoms with Gasteiger partial charge in [0, 0.05) is 5.41 Å². The molecule has 0 fully saturated rings. The number of ether oxygens (including phenoxy) is 2. The molecule has 0 N–H and O–H groups in total. The van der Waals surface area contributed by atoms with Gasteiger partial charge in [0.2, 0.25) is 0 Å². The summed E-state index contributed by atoms with van der Waals surface area (Å²) in [5.41, 5.74) is -1.01. The Morgan fingerprint density at radius 1 is 1.13 bits per heavy atom. The Kier molecular flexibility index (Phi) is 6.54. The van der Waals surface area contributed by atoms with Crippen LogP contribution in [0.4, 0.5) is 0 Å². The lowest BCUT2D eigenvalue weighted by Crippen LogP contribution is -2.42. The van der Waals surface area contributed by atoms with Gasteiger partial charge in [-0.3, -0.25) is 14.4 Å². The predicted octanol–water partition coefficient (Wildman–Crippen LogP) is 2.72. The van der Waals surface area contributed by atoms with Crippen LogP contribution in [0.15, 0.2) is 22.8 Å². The average molecular weight is 324 g/mol. The van der Waals surface area contributed by atoms with Gasteiger partial charge in [0.1, 0.15) is 11.5 Å². The standard InChI is InChI=1S/C17H24O6/c1-6-21-15(19)13(16(20)22-7-2)14(12-9-8-10-23-12)17(4,5)11(3)18/h8-10,13-14H,6-7H2,1-5H3. The highest BCUT2D eigenvalue weighted by atomic mass is 16.6. The van der Waals surface area contributed by atoms with Crippen LogP contribution in [0.5, 0.6) is 0 Å². The molecule has 0 saturated heterocycles. The Balaban J connectivity index is 3.40. The Labute approximate surface area is 136 Å². The molecule has 1 rings (SSSR count). The molecule has 0 aliphatic carbocycles. The summed E-state index contributed by atoms with van der Waals surface area (Å²) in [6.45, 7) is 8.32. The monoisotopic (exact) mass is 324 g/mol. The molecule has 6 nitrogen and oxygen atoms in total. The van der Waals surface area contributed by atoms with E-state index in [0.717, 1.165) is 0 Å². The van der Waals surface area contributed by atoms with Gasteiger partial charge in [-0.05, 0) is 32.9 Å². The van der Waals surface area contributed by atoms with Crippen molar-refractivity contribution in [2.45, 2.75) is 40.5 Å². The molecule has 1 atom stereocenters. The van der Waals surface area contributed by atoms with Gasteiger partial charge >= 0.3 is 11.9 Å². The molecule has 1 aromatic heterocycles. The molecule has 0 saturated carbocycles. The first kappa shape index (κ1) is 18.9. The van der Waals surface area contributed by atoms with Gasteiger partial charge in [-0.1, -0.05) is 13.8 Å². The third-order valence-electron chi connectivity index (χ3n) is 3.95. The van der Waals surface area contributed by atoms with E-state index in [1.54, 1.807) is 39.8 Å². The normalized spacial score (nSPS) is 12.8. The maximum atomic E-state index is 12.4. The number of ketones is 1. The van der Waals surface area contributed by atoms with Gasteiger partial charge in [-0.15, -0.1) is 0 Å². The van der Waals surface area contributed by atoms with Crippen LogP contribution >= 0.6 is 0 Å². The van der Waals surface area contributed by atoms with Crippen molar-refractivity contribution in [3.63, 3.8) is 0 Å². The highest BCUT2D eigenvalue weighted by molar-refractivity contribution is 5.97. The maximum absolute atomic E-state index is 12.4. The Bertz CT molecular complexity index is 525. The zero-order valence-electron chi connectivity index (χ0n) is 14.3. The number of hydrogen-bond acceptors (Lipinski definition) is 6. The van der Waals surface area contributed by atoms with Crippen LogP contribution in [0.2, 0.25) is 0 Å². The SMILES string of the molecule is CCOC(=O)C(C(=O)OCC)C(c1ccco1)C(C)(C)C(C)=O. The average Bonchev–Trinajstić information content (AvgIpc) is 2.97. The van der Waals surface area contributed by atoms with E-state index < -0.39 is 29.2 Å².